The van der Waals surface area contributed by atoms with Gasteiger partial charge in [-0.2, -0.15) is 0 Å². The van der Waals surface area contributed by atoms with Crippen LogP contribution in [0.4, 0.5) is 4.39 Å². The molecule has 0 atom stereocenters. The number of ether oxygens (including phenoxy) is 1. The molecular weight excluding hydrogens is 470 g/mol. The molecule has 7 nitrogen and oxygen atoms in total. The summed E-state index contributed by atoms with van der Waals surface area (Å²) in [6.07, 6.45) is 0.769. The number of carbonyl (C=O) groups excluding carboxylic acids is 1. The van der Waals surface area contributed by atoms with Crippen LogP contribution in [0.15, 0.2) is 47.3 Å². The zero-order valence-corrected chi connectivity index (χ0v) is 19.8. The van der Waals surface area contributed by atoms with E-state index < -0.39 is 11.7 Å². The summed E-state index contributed by atoms with van der Waals surface area (Å²) in [5, 5.41) is 0. The van der Waals surface area contributed by atoms with Gasteiger partial charge >= 0.3 is 0 Å². The minimum absolute atomic E-state index is 0. The van der Waals surface area contributed by atoms with Crippen molar-refractivity contribution in [3.8, 4) is 11.5 Å². The van der Waals surface area contributed by atoms with Crippen molar-refractivity contribution in [1.29, 1.82) is 0 Å². The van der Waals surface area contributed by atoms with Crippen molar-refractivity contribution in [2.45, 2.75) is 26.4 Å². The highest BCUT2D eigenvalue weighted by atomic mass is 35.5. The van der Waals surface area contributed by atoms with E-state index in [0.717, 1.165) is 12.0 Å². The second kappa shape index (κ2) is 10.8. The molecule has 0 saturated heterocycles. The van der Waals surface area contributed by atoms with Gasteiger partial charge in [0.05, 0.1) is 29.9 Å². The smallest absolute Gasteiger partial charge is 0.258 e. The molecule has 0 unspecified atom stereocenters. The molecule has 0 fully saturated rings. The van der Waals surface area contributed by atoms with Crippen molar-refractivity contribution in [2.24, 2.45) is 12.8 Å². The van der Waals surface area contributed by atoms with Crippen molar-refractivity contribution in [1.82, 2.24) is 14.5 Å². The first-order valence-corrected chi connectivity index (χ1v) is 9.98. The Morgan fingerprint density at radius 2 is 1.79 bits per heavy atom. The van der Waals surface area contributed by atoms with Gasteiger partial charge in [0.2, 0.25) is 0 Å². The SMILES string of the molecule is Cc1nc2c(c(=O)n1C)CN(C(=O)c1cc(Oc3ccc(CCN)cc3)ccc1F)C2.Cl.Cl. The minimum Gasteiger partial charge on any atom is -0.457 e. The number of carbonyl (C=O) groups is 1. The topological polar surface area (TPSA) is 90.5 Å². The molecule has 1 amide bonds. The van der Waals surface area contributed by atoms with Crippen molar-refractivity contribution in [3.63, 3.8) is 0 Å². The van der Waals surface area contributed by atoms with Crippen LogP contribution in [0.2, 0.25) is 0 Å². The molecule has 0 spiro atoms. The Hall–Kier alpha value is -2.94. The number of aromatic nitrogens is 2. The Morgan fingerprint density at radius 1 is 1.12 bits per heavy atom. The second-order valence-electron chi connectivity index (χ2n) is 7.54. The number of benzene rings is 2. The third-order valence-corrected chi connectivity index (χ3v) is 5.43. The van der Waals surface area contributed by atoms with Crippen LogP contribution in [0.1, 0.15) is 33.0 Å². The maximum absolute atomic E-state index is 14.5. The van der Waals surface area contributed by atoms with Crippen LogP contribution < -0.4 is 16.0 Å². The Balaban J connectivity index is 0.00000193. The number of aryl methyl sites for hydroxylation is 1. The zero-order valence-electron chi connectivity index (χ0n) is 18.2. The maximum atomic E-state index is 14.5. The Kier molecular flexibility index (Phi) is 8.60. The fraction of sp³-hybridized carbons (Fsp3) is 0.261. The maximum Gasteiger partial charge on any atom is 0.258 e. The quantitative estimate of drug-likeness (QED) is 0.585. The number of rotatable bonds is 5. The molecule has 3 aromatic rings. The highest BCUT2D eigenvalue weighted by Gasteiger charge is 2.30. The van der Waals surface area contributed by atoms with E-state index in [1.54, 1.807) is 26.1 Å². The average molecular weight is 495 g/mol. The molecule has 33 heavy (non-hydrogen) atoms. The lowest BCUT2D eigenvalue weighted by Gasteiger charge is -2.16. The third-order valence-electron chi connectivity index (χ3n) is 5.43. The molecule has 1 aliphatic rings. The summed E-state index contributed by atoms with van der Waals surface area (Å²) in [6.45, 7) is 2.56. The minimum atomic E-state index is -0.649. The summed E-state index contributed by atoms with van der Waals surface area (Å²) in [4.78, 5) is 31.3. The lowest BCUT2D eigenvalue weighted by Crippen LogP contribution is -2.28. The van der Waals surface area contributed by atoms with Gasteiger partial charge in [-0.05, 0) is 55.8 Å². The van der Waals surface area contributed by atoms with Gasteiger partial charge in [-0.15, -0.1) is 24.8 Å². The fourth-order valence-corrected chi connectivity index (χ4v) is 3.60. The predicted molar refractivity (Wildman–Crippen MR) is 128 cm³/mol. The van der Waals surface area contributed by atoms with Crippen molar-refractivity contribution < 1.29 is 13.9 Å². The van der Waals surface area contributed by atoms with E-state index in [1.807, 2.05) is 12.1 Å². The standard InChI is InChI=1S/C23H23FN4O3.2ClH/c1-14-26-21-13-28(12-19(21)22(29)27(14)2)23(30)18-11-17(7-8-20(18)24)31-16-5-3-15(4-6-16)9-10-25;;/h3-8,11H,9-10,12-13,25H2,1-2H3;2*1H. The summed E-state index contributed by atoms with van der Waals surface area (Å²) in [5.41, 5.74) is 7.37. The zero-order chi connectivity index (χ0) is 22.1. The van der Waals surface area contributed by atoms with Crippen LogP contribution in [0, 0.1) is 12.7 Å². The highest BCUT2D eigenvalue weighted by molar-refractivity contribution is 5.95. The molecule has 1 aliphatic heterocycles. The normalized spacial score (nSPS) is 11.9. The average Bonchev–Trinajstić information content (AvgIpc) is 3.18. The van der Waals surface area contributed by atoms with Gasteiger partial charge in [-0.3, -0.25) is 14.2 Å². The van der Waals surface area contributed by atoms with E-state index in [1.165, 1.54) is 27.7 Å². The number of nitrogens with zero attached hydrogens (tertiary/aromatic N) is 3. The Labute approximate surface area is 203 Å². The molecule has 0 saturated carbocycles. The van der Waals surface area contributed by atoms with Crippen molar-refractivity contribution in [3.05, 3.63) is 86.8 Å². The molecule has 176 valence electrons. The lowest BCUT2D eigenvalue weighted by molar-refractivity contribution is 0.0745. The summed E-state index contributed by atoms with van der Waals surface area (Å²) >= 11 is 0. The molecule has 1 aromatic heterocycles. The van der Waals surface area contributed by atoms with Crippen molar-refractivity contribution in [2.75, 3.05) is 6.54 Å². The predicted octanol–water partition coefficient (Wildman–Crippen LogP) is 3.52. The van der Waals surface area contributed by atoms with Gasteiger partial charge in [0.25, 0.3) is 11.5 Å². The third kappa shape index (κ3) is 5.35. The largest absolute Gasteiger partial charge is 0.457 e. The number of nitrogens with two attached hydrogens (primary N) is 1. The number of fused-ring (bicyclic) bond motifs is 1. The van der Waals surface area contributed by atoms with Crippen LogP contribution in [0.3, 0.4) is 0 Å². The van der Waals surface area contributed by atoms with E-state index in [4.69, 9.17) is 10.5 Å². The van der Waals surface area contributed by atoms with Crippen LogP contribution in [-0.2, 0) is 26.6 Å². The monoisotopic (exact) mass is 494 g/mol. The molecular formula is C23H25Cl2FN4O3. The molecule has 0 bridgehead atoms. The number of halogens is 3. The Bertz CT molecular complexity index is 1220. The van der Waals surface area contributed by atoms with Gasteiger partial charge in [0.1, 0.15) is 23.1 Å². The number of hydrogen-bond donors (Lipinski definition) is 1. The van der Waals surface area contributed by atoms with E-state index in [0.29, 0.717) is 35.1 Å². The molecule has 0 radical (unpaired) electrons. The second-order valence-corrected chi connectivity index (χ2v) is 7.54. The molecule has 0 aliphatic carbocycles. The summed E-state index contributed by atoms with van der Waals surface area (Å²) in [6, 6.07) is 11.5. The van der Waals surface area contributed by atoms with Gasteiger partial charge in [0, 0.05) is 7.05 Å². The lowest BCUT2D eigenvalue weighted by atomic mass is 10.1. The summed E-state index contributed by atoms with van der Waals surface area (Å²) in [7, 11) is 1.64. The van der Waals surface area contributed by atoms with Crippen LogP contribution in [-0.4, -0.2) is 26.9 Å². The molecule has 4 rings (SSSR count). The van der Waals surface area contributed by atoms with Gasteiger partial charge in [0.15, 0.2) is 0 Å². The summed E-state index contributed by atoms with van der Waals surface area (Å²) in [5.74, 6) is 0.320. The highest BCUT2D eigenvalue weighted by Crippen LogP contribution is 2.27. The first kappa shape index (κ1) is 26.3. The van der Waals surface area contributed by atoms with E-state index in [-0.39, 0.29) is 49.0 Å². The molecule has 2 aromatic carbocycles. The Morgan fingerprint density at radius 3 is 2.45 bits per heavy atom. The van der Waals surface area contributed by atoms with Crippen LogP contribution in [0.5, 0.6) is 11.5 Å². The first-order chi connectivity index (χ1) is 14.9. The van der Waals surface area contributed by atoms with Crippen molar-refractivity contribution >= 4 is 30.7 Å². The van der Waals surface area contributed by atoms with Crippen LogP contribution in [0.25, 0.3) is 0 Å². The summed E-state index contributed by atoms with van der Waals surface area (Å²) < 4.78 is 21.7. The number of hydrogen-bond acceptors (Lipinski definition) is 5. The molecule has 2 heterocycles. The van der Waals surface area contributed by atoms with Crippen LogP contribution >= 0.6 is 24.8 Å². The molecule has 2 N–H and O–H groups in total. The van der Waals surface area contributed by atoms with Gasteiger partial charge in [-0.25, -0.2) is 9.37 Å². The molecule has 10 heteroatoms. The fourth-order valence-electron chi connectivity index (χ4n) is 3.60. The van der Waals surface area contributed by atoms with Gasteiger partial charge in [-0.1, -0.05) is 12.1 Å². The number of amides is 1. The van der Waals surface area contributed by atoms with E-state index in [9.17, 15) is 14.0 Å². The van der Waals surface area contributed by atoms with E-state index in [2.05, 4.69) is 4.98 Å². The first-order valence-electron chi connectivity index (χ1n) is 9.98. The van der Waals surface area contributed by atoms with E-state index >= 15 is 0 Å². The van der Waals surface area contributed by atoms with Gasteiger partial charge < -0.3 is 15.4 Å².